The Morgan fingerprint density at radius 2 is 1.79 bits per heavy atom. The van der Waals surface area contributed by atoms with Gasteiger partial charge in [-0.1, -0.05) is 42.5 Å². The number of nitrogens with zero attached hydrogens (tertiary/aromatic N) is 1. The van der Waals surface area contributed by atoms with E-state index in [1.165, 1.54) is 11.1 Å². The minimum Gasteiger partial charge on any atom is -0.305 e. The highest BCUT2D eigenvalue weighted by molar-refractivity contribution is 5.95. The van der Waals surface area contributed by atoms with Crippen molar-refractivity contribution in [3.8, 4) is 11.1 Å². The van der Waals surface area contributed by atoms with Gasteiger partial charge < -0.3 is 4.90 Å². The molecule has 0 spiro atoms. The van der Waals surface area contributed by atoms with Gasteiger partial charge in [0.2, 0.25) is 0 Å². The predicted octanol–water partition coefficient (Wildman–Crippen LogP) is 3.62. The lowest BCUT2D eigenvalue weighted by molar-refractivity contribution is 0.101. The molecule has 0 saturated carbocycles. The van der Waals surface area contributed by atoms with Crippen molar-refractivity contribution in [3.05, 3.63) is 59.7 Å². The van der Waals surface area contributed by atoms with E-state index < -0.39 is 0 Å². The third kappa shape index (κ3) is 3.30. The number of hydrogen-bond donors (Lipinski definition) is 0. The highest BCUT2D eigenvalue weighted by Gasteiger charge is 2.07. The van der Waals surface area contributed by atoms with E-state index in [-0.39, 0.29) is 5.78 Å². The first-order valence-corrected chi connectivity index (χ1v) is 6.42. The molecule has 0 unspecified atom stereocenters. The van der Waals surface area contributed by atoms with Gasteiger partial charge in [0.05, 0.1) is 0 Å². The monoisotopic (exact) mass is 253 g/mol. The lowest BCUT2D eigenvalue weighted by atomic mass is 9.97. The summed E-state index contributed by atoms with van der Waals surface area (Å²) in [6.45, 7) is 2.49. The van der Waals surface area contributed by atoms with Crippen LogP contribution < -0.4 is 0 Å². The number of carbonyl (C=O) groups excluding carboxylic acids is 1. The van der Waals surface area contributed by atoms with Crippen molar-refractivity contribution in [1.29, 1.82) is 0 Å². The average Bonchev–Trinajstić information content (AvgIpc) is 2.39. The summed E-state index contributed by atoms with van der Waals surface area (Å²) in [5, 5.41) is 0. The maximum absolute atomic E-state index is 11.5. The van der Waals surface area contributed by atoms with Crippen LogP contribution in [0.3, 0.4) is 0 Å². The van der Waals surface area contributed by atoms with Crippen LogP contribution in [0.15, 0.2) is 48.5 Å². The standard InChI is InChI=1S/C17H19NO/c1-13(19)14-8-6-9-15(11-14)17-10-5-4-7-16(17)12-18(2)3/h4-11H,12H2,1-3H3. The van der Waals surface area contributed by atoms with Crippen molar-refractivity contribution in [2.24, 2.45) is 0 Å². The van der Waals surface area contributed by atoms with E-state index in [9.17, 15) is 4.79 Å². The second kappa shape index (κ2) is 5.81. The Hall–Kier alpha value is -1.93. The van der Waals surface area contributed by atoms with Gasteiger partial charge >= 0.3 is 0 Å². The van der Waals surface area contributed by atoms with Gasteiger partial charge in [-0.25, -0.2) is 0 Å². The quantitative estimate of drug-likeness (QED) is 0.776. The zero-order chi connectivity index (χ0) is 13.8. The summed E-state index contributed by atoms with van der Waals surface area (Å²) in [6.07, 6.45) is 0. The van der Waals surface area contributed by atoms with Gasteiger partial charge in [-0.15, -0.1) is 0 Å². The molecule has 0 N–H and O–H groups in total. The zero-order valence-corrected chi connectivity index (χ0v) is 11.7. The van der Waals surface area contributed by atoms with E-state index in [1.54, 1.807) is 6.92 Å². The molecule has 0 radical (unpaired) electrons. The van der Waals surface area contributed by atoms with Gasteiger partial charge in [0.1, 0.15) is 0 Å². The van der Waals surface area contributed by atoms with Crippen LogP contribution in [0.5, 0.6) is 0 Å². The van der Waals surface area contributed by atoms with Crippen molar-refractivity contribution < 1.29 is 4.79 Å². The maximum Gasteiger partial charge on any atom is 0.159 e. The first kappa shape index (κ1) is 13.5. The summed E-state index contributed by atoms with van der Waals surface area (Å²) >= 11 is 0. The zero-order valence-electron chi connectivity index (χ0n) is 11.7. The summed E-state index contributed by atoms with van der Waals surface area (Å²) in [7, 11) is 4.12. The molecule has 0 atom stereocenters. The molecule has 2 aromatic carbocycles. The first-order chi connectivity index (χ1) is 9.08. The van der Waals surface area contributed by atoms with Crippen LogP contribution in [0.4, 0.5) is 0 Å². The van der Waals surface area contributed by atoms with Crippen molar-refractivity contribution in [2.75, 3.05) is 14.1 Å². The molecule has 0 aromatic heterocycles. The third-order valence-electron chi connectivity index (χ3n) is 3.08. The molecule has 0 aliphatic carbocycles. The van der Waals surface area contributed by atoms with Gasteiger partial charge in [0, 0.05) is 12.1 Å². The van der Waals surface area contributed by atoms with Crippen LogP contribution in [-0.4, -0.2) is 24.8 Å². The fourth-order valence-electron chi connectivity index (χ4n) is 2.19. The van der Waals surface area contributed by atoms with Gasteiger partial charge in [0.25, 0.3) is 0 Å². The predicted molar refractivity (Wildman–Crippen MR) is 79.3 cm³/mol. The summed E-state index contributed by atoms with van der Waals surface area (Å²) in [5.74, 6) is 0.104. The fourth-order valence-corrected chi connectivity index (χ4v) is 2.19. The van der Waals surface area contributed by atoms with Crippen molar-refractivity contribution in [2.45, 2.75) is 13.5 Å². The Balaban J connectivity index is 2.46. The maximum atomic E-state index is 11.5. The Labute approximate surface area is 114 Å². The van der Waals surface area contributed by atoms with Gasteiger partial charge in [0.15, 0.2) is 5.78 Å². The summed E-state index contributed by atoms with van der Waals surface area (Å²) in [6, 6.07) is 16.2. The average molecular weight is 253 g/mol. The molecular formula is C17H19NO. The van der Waals surface area contributed by atoms with E-state index in [1.807, 2.05) is 24.3 Å². The Bertz CT molecular complexity index is 587. The Morgan fingerprint density at radius 1 is 1.05 bits per heavy atom. The molecule has 0 bridgehead atoms. The molecule has 2 aromatic rings. The van der Waals surface area contributed by atoms with E-state index >= 15 is 0 Å². The number of hydrogen-bond acceptors (Lipinski definition) is 2. The van der Waals surface area contributed by atoms with Gasteiger partial charge in [-0.3, -0.25) is 4.79 Å². The molecule has 0 heterocycles. The third-order valence-corrected chi connectivity index (χ3v) is 3.08. The lowest BCUT2D eigenvalue weighted by Gasteiger charge is -2.14. The fraction of sp³-hybridized carbons (Fsp3) is 0.235. The lowest BCUT2D eigenvalue weighted by Crippen LogP contribution is -2.11. The van der Waals surface area contributed by atoms with Crippen molar-refractivity contribution >= 4 is 5.78 Å². The van der Waals surface area contributed by atoms with Crippen LogP contribution in [-0.2, 0) is 6.54 Å². The number of Topliss-reactive ketones (excluding diaryl/α,β-unsaturated/α-hetero) is 1. The van der Waals surface area contributed by atoms with E-state index in [4.69, 9.17) is 0 Å². The molecule has 2 nitrogen and oxygen atoms in total. The summed E-state index contributed by atoms with van der Waals surface area (Å²) in [4.78, 5) is 13.6. The molecule has 2 heteroatoms. The number of benzene rings is 2. The minimum atomic E-state index is 0.104. The molecule has 0 saturated heterocycles. The van der Waals surface area contributed by atoms with Crippen LogP contribution in [0, 0.1) is 0 Å². The second-order valence-electron chi connectivity index (χ2n) is 5.03. The number of rotatable bonds is 4. The Morgan fingerprint density at radius 3 is 2.47 bits per heavy atom. The van der Waals surface area contributed by atoms with Crippen LogP contribution in [0.2, 0.25) is 0 Å². The molecule has 2 rings (SSSR count). The highest BCUT2D eigenvalue weighted by Crippen LogP contribution is 2.25. The van der Waals surface area contributed by atoms with Crippen LogP contribution >= 0.6 is 0 Å². The highest BCUT2D eigenvalue weighted by atomic mass is 16.1. The van der Waals surface area contributed by atoms with E-state index in [2.05, 4.69) is 43.3 Å². The van der Waals surface area contributed by atoms with Crippen LogP contribution in [0.1, 0.15) is 22.8 Å². The molecular weight excluding hydrogens is 234 g/mol. The number of carbonyl (C=O) groups is 1. The normalized spacial score (nSPS) is 10.7. The summed E-state index contributed by atoms with van der Waals surface area (Å²) < 4.78 is 0. The Kier molecular flexibility index (Phi) is 4.13. The van der Waals surface area contributed by atoms with Gasteiger partial charge in [-0.05, 0) is 43.8 Å². The topological polar surface area (TPSA) is 20.3 Å². The van der Waals surface area contributed by atoms with E-state index in [0.717, 1.165) is 17.7 Å². The molecule has 0 aliphatic heterocycles. The summed E-state index contributed by atoms with van der Waals surface area (Å²) in [5.41, 5.74) is 4.33. The minimum absolute atomic E-state index is 0.104. The molecule has 19 heavy (non-hydrogen) atoms. The first-order valence-electron chi connectivity index (χ1n) is 6.42. The molecule has 0 amide bonds. The van der Waals surface area contributed by atoms with E-state index in [0.29, 0.717) is 0 Å². The van der Waals surface area contributed by atoms with Gasteiger partial charge in [-0.2, -0.15) is 0 Å². The second-order valence-corrected chi connectivity index (χ2v) is 5.03. The van der Waals surface area contributed by atoms with Crippen molar-refractivity contribution in [1.82, 2.24) is 4.90 Å². The smallest absolute Gasteiger partial charge is 0.159 e. The molecule has 98 valence electrons. The largest absolute Gasteiger partial charge is 0.305 e. The van der Waals surface area contributed by atoms with Crippen molar-refractivity contribution in [3.63, 3.8) is 0 Å². The molecule has 0 aliphatic rings. The van der Waals surface area contributed by atoms with Crippen LogP contribution in [0.25, 0.3) is 11.1 Å². The number of ketones is 1. The SMILES string of the molecule is CC(=O)c1cccc(-c2ccccc2CN(C)C)c1. The molecule has 0 fully saturated rings.